The Morgan fingerprint density at radius 2 is 1.93 bits per heavy atom. The van der Waals surface area contributed by atoms with Gasteiger partial charge in [-0.2, -0.15) is 8.78 Å². The highest BCUT2D eigenvalue weighted by Crippen LogP contribution is 2.22. The smallest absolute Gasteiger partial charge is 0.330 e. The highest BCUT2D eigenvalue weighted by molar-refractivity contribution is 4.68. The van der Waals surface area contributed by atoms with E-state index in [1.54, 1.807) is 0 Å². The third-order valence-electron chi connectivity index (χ3n) is 1.61. The maximum atomic E-state index is 12.3. The van der Waals surface area contributed by atoms with Crippen molar-refractivity contribution in [2.24, 2.45) is 5.73 Å². The molecule has 0 amide bonds. The summed E-state index contributed by atoms with van der Waals surface area (Å²) >= 11 is 0. The first-order chi connectivity index (χ1) is 6.40. The molecule has 86 valence electrons. The number of rotatable bonds is 7. The molecule has 0 spiro atoms. The Labute approximate surface area is 80.4 Å². The Hall–Kier alpha value is -0.360. The third-order valence-corrected chi connectivity index (χ3v) is 1.61. The van der Waals surface area contributed by atoms with Gasteiger partial charge in [-0.15, -0.1) is 0 Å². The van der Waals surface area contributed by atoms with Gasteiger partial charge < -0.3 is 10.5 Å². The quantitative estimate of drug-likeness (QED) is 0.662. The van der Waals surface area contributed by atoms with E-state index in [9.17, 15) is 17.6 Å². The second-order valence-electron chi connectivity index (χ2n) is 3.13. The number of nitrogens with two attached hydrogens (primary N) is 1. The number of halogens is 4. The molecule has 14 heavy (non-hydrogen) atoms. The van der Waals surface area contributed by atoms with E-state index in [1.165, 1.54) is 0 Å². The van der Waals surface area contributed by atoms with Crippen molar-refractivity contribution in [1.29, 1.82) is 0 Å². The Balaban J connectivity index is 3.62. The zero-order valence-corrected chi connectivity index (χ0v) is 7.98. The van der Waals surface area contributed by atoms with Gasteiger partial charge in [0.05, 0.1) is 6.61 Å². The van der Waals surface area contributed by atoms with Crippen LogP contribution in [0.1, 0.15) is 19.8 Å². The highest BCUT2D eigenvalue weighted by atomic mass is 19.3. The van der Waals surface area contributed by atoms with E-state index in [-0.39, 0.29) is 12.6 Å². The summed E-state index contributed by atoms with van der Waals surface area (Å²) in [5.74, 6) is -4.08. The van der Waals surface area contributed by atoms with Gasteiger partial charge in [0.15, 0.2) is 0 Å². The lowest BCUT2D eigenvalue weighted by molar-refractivity contribution is -0.166. The van der Waals surface area contributed by atoms with Crippen molar-refractivity contribution >= 4 is 0 Å². The van der Waals surface area contributed by atoms with Gasteiger partial charge in [-0.1, -0.05) is 13.3 Å². The van der Waals surface area contributed by atoms with Crippen molar-refractivity contribution < 1.29 is 22.3 Å². The number of hydrogen-bond donors (Lipinski definition) is 1. The van der Waals surface area contributed by atoms with Crippen LogP contribution < -0.4 is 5.73 Å². The van der Waals surface area contributed by atoms with Crippen LogP contribution >= 0.6 is 0 Å². The molecule has 0 unspecified atom stereocenters. The van der Waals surface area contributed by atoms with Crippen molar-refractivity contribution in [1.82, 2.24) is 0 Å². The maximum Gasteiger partial charge on any atom is 0.330 e. The fraction of sp³-hybridized carbons (Fsp3) is 1.00. The molecule has 0 aliphatic rings. The Morgan fingerprint density at radius 3 is 2.36 bits per heavy atom. The molecular weight excluding hydrogens is 202 g/mol. The molecule has 0 bridgehead atoms. The van der Waals surface area contributed by atoms with Crippen LogP contribution in [0.25, 0.3) is 0 Å². The number of ether oxygens (including phenoxy) is 1. The molecule has 2 nitrogen and oxygen atoms in total. The summed E-state index contributed by atoms with van der Waals surface area (Å²) in [4.78, 5) is 0. The van der Waals surface area contributed by atoms with Gasteiger partial charge in [0, 0.05) is 6.04 Å². The summed E-state index contributed by atoms with van der Waals surface area (Å²) in [6.07, 6.45) is -2.26. The van der Waals surface area contributed by atoms with Crippen molar-refractivity contribution in [3.63, 3.8) is 0 Å². The summed E-state index contributed by atoms with van der Waals surface area (Å²) in [7, 11) is 0. The molecule has 0 aromatic carbocycles. The lowest BCUT2D eigenvalue weighted by Gasteiger charge is -2.17. The van der Waals surface area contributed by atoms with Crippen molar-refractivity contribution in [2.45, 2.75) is 38.2 Å². The van der Waals surface area contributed by atoms with Gasteiger partial charge >= 0.3 is 12.3 Å². The minimum Gasteiger partial charge on any atom is -0.373 e. The molecule has 0 saturated carbocycles. The maximum absolute atomic E-state index is 12.3. The summed E-state index contributed by atoms with van der Waals surface area (Å²) in [5, 5.41) is 0. The van der Waals surface area contributed by atoms with E-state index in [4.69, 9.17) is 5.73 Å². The molecule has 0 aliphatic heterocycles. The number of hydrogen-bond acceptors (Lipinski definition) is 2. The van der Waals surface area contributed by atoms with Gasteiger partial charge in [-0.05, 0) is 6.42 Å². The Morgan fingerprint density at radius 1 is 1.36 bits per heavy atom. The zero-order valence-electron chi connectivity index (χ0n) is 7.98. The van der Waals surface area contributed by atoms with Gasteiger partial charge in [0.25, 0.3) is 0 Å². The second-order valence-corrected chi connectivity index (χ2v) is 3.13. The first-order valence-corrected chi connectivity index (χ1v) is 4.39. The topological polar surface area (TPSA) is 35.2 Å². The fourth-order valence-corrected chi connectivity index (χ4v) is 0.863. The SMILES string of the molecule is CCC[C@@H](N)COCC(F)(F)C(F)F. The minimum atomic E-state index is -4.08. The van der Waals surface area contributed by atoms with Crippen LogP contribution in [-0.4, -0.2) is 31.6 Å². The van der Waals surface area contributed by atoms with Crippen LogP contribution in [0, 0.1) is 0 Å². The van der Waals surface area contributed by atoms with Crippen LogP contribution in [0.4, 0.5) is 17.6 Å². The molecule has 0 fully saturated rings. The molecule has 2 N–H and O–H groups in total. The third kappa shape index (κ3) is 5.39. The van der Waals surface area contributed by atoms with Crippen molar-refractivity contribution in [3.8, 4) is 0 Å². The molecular formula is C8H15F4NO. The Kier molecular flexibility index (Phi) is 6.03. The molecule has 0 heterocycles. The van der Waals surface area contributed by atoms with E-state index in [1.807, 2.05) is 6.92 Å². The van der Waals surface area contributed by atoms with Gasteiger partial charge in [0.2, 0.25) is 0 Å². The van der Waals surface area contributed by atoms with E-state index in [0.29, 0.717) is 6.42 Å². The zero-order chi connectivity index (χ0) is 11.2. The van der Waals surface area contributed by atoms with Gasteiger partial charge in [-0.3, -0.25) is 0 Å². The summed E-state index contributed by atoms with van der Waals surface area (Å²) in [5.41, 5.74) is 5.43. The molecule has 1 atom stereocenters. The lowest BCUT2D eigenvalue weighted by Crippen LogP contribution is -2.35. The normalized spacial score (nSPS) is 14.8. The van der Waals surface area contributed by atoms with Crippen LogP contribution in [-0.2, 0) is 4.74 Å². The van der Waals surface area contributed by atoms with Crippen LogP contribution in [0.15, 0.2) is 0 Å². The standard InChI is InChI=1S/C8H15F4NO/c1-2-3-6(13)4-14-5-8(11,12)7(9)10/h6-7H,2-5,13H2,1H3/t6-/m1/s1. The molecule has 0 aliphatic carbocycles. The highest BCUT2D eigenvalue weighted by Gasteiger charge is 2.40. The molecule has 6 heteroatoms. The first kappa shape index (κ1) is 13.6. The van der Waals surface area contributed by atoms with Crippen LogP contribution in [0.5, 0.6) is 0 Å². The van der Waals surface area contributed by atoms with Crippen molar-refractivity contribution in [3.05, 3.63) is 0 Å². The van der Waals surface area contributed by atoms with Crippen LogP contribution in [0.3, 0.4) is 0 Å². The average Bonchev–Trinajstić information content (AvgIpc) is 2.04. The fourth-order valence-electron chi connectivity index (χ4n) is 0.863. The van der Waals surface area contributed by atoms with Gasteiger partial charge in [0.1, 0.15) is 6.61 Å². The summed E-state index contributed by atoms with van der Waals surface area (Å²) in [6, 6.07) is -0.367. The minimum absolute atomic E-state index is 0.115. The monoisotopic (exact) mass is 217 g/mol. The van der Waals surface area contributed by atoms with Crippen molar-refractivity contribution in [2.75, 3.05) is 13.2 Å². The second kappa shape index (κ2) is 6.19. The molecule has 0 aromatic rings. The molecule has 0 rings (SSSR count). The lowest BCUT2D eigenvalue weighted by atomic mass is 10.2. The molecule has 0 saturated heterocycles. The molecule has 0 aromatic heterocycles. The molecule has 0 radical (unpaired) electrons. The van der Waals surface area contributed by atoms with E-state index < -0.39 is 19.0 Å². The van der Waals surface area contributed by atoms with E-state index in [2.05, 4.69) is 4.74 Å². The largest absolute Gasteiger partial charge is 0.373 e. The summed E-state index contributed by atoms with van der Waals surface area (Å²) < 4.78 is 52.2. The van der Waals surface area contributed by atoms with E-state index >= 15 is 0 Å². The summed E-state index contributed by atoms with van der Waals surface area (Å²) in [6.45, 7) is 0.492. The predicted molar refractivity (Wildman–Crippen MR) is 44.7 cm³/mol. The number of alkyl halides is 4. The first-order valence-electron chi connectivity index (χ1n) is 4.39. The Bertz CT molecular complexity index is 154. The van der Waals surface area contributed by atoms with E-state index in [0.717, 1.165) is 6.42 Å². The van der Waals surface area contributed by atoms with Gasteiger partial charge in [-0.25, -0.2) is 8.78 Å². The van der Waals surface area contributed by atoms with Crippen LogP contribution in [0.2, 0.25) is 0 Å². The predicted octanol–water partition coefficient (Wildman–Crippen LogP) is 2.03. The average molecular weight is 217 g/mol.